The lowest BCUT2D eigenvalue weighted by molar-refractivity contribution is -0.122. The zero-order valence-electron chi connectivity index (χ0n) is 22.2. The fourth-order valence-corrected chi connectivity index (χ4v) is 4.51. The van der Waals surface area contributed by atoms with Gasteiger partial charge in [-0.3, -0.25) is 14.4 Å². The Labute approximate surface area is 231 Å². The van der Waals surface area contributed by atoms with Gasteiger partial charge >= 0.3 is 0 Å². The number of ether oxygens (including phenoxy) is 1. The predicted molar refractivity (Wildman–Crippen MR) is 148 cm³/mol. The minimum atomic E-state index is -0.485. The van der Waals surface area contributed by atoms with Gasteiger partial charge in [0.25, 0.3) is 11.8 Å². The first-order valence-electron chi connectivity index (χ1n) is 13.2. The summed E-state index contributed by atoms with van der Waals surface area (Å²) in [5.74, 6) is 0.777. The monoisotopic (exact) mass is 541 g/mol. The molecule has 206 valence electrons. The lowest BCUT2D eigenvalue weighted by Gasteiger charge is -2.23. The predicted octanol–water partition coefficient (Wildman–Crippen LogP) is 2.81. The Bertz CT molecular complexity index is 1470. The van der Waals surface area contributed by atoms with E-state index in [0.717, 1.165) is 5.56 Å². The van der Waals surface area contributed by atoms with Crippen LogP contribution in [0.5, 0.6) is 5.75 Å². The van der Waals surface area contributed by atoms with Crippen molar-refractivity contribution in [1.29, 1.82) is 0 Å². The van der Waals surface area contributed by atoms with Gasteiger partial charge in [0, 0.05) is 30.4 Å². The molecule has 0 aliphatic carbocycles. The second-order valence-corrected chi connectivity index (χ2v) is 9.47. The summed E-state index contributed by atoms with van der Waals surface area (Å²) < 4.78 is 7.66. The van der Waals surface area contributed by atoms with Crippen LogP contribution in [-0.2, 0) is 11.3 Å². The Hall–Kier alpha value is -4.93. The Kier molecular flexibility index (Phi) is 8.19. The third kappa shape index (κ3) is 6.37. The third-order valence-electron chi connectivity index (χ3n) is 6.51. The van der Waals surface area contributed by atoms with Gasteiger partial charge in [0.05, 0.1) is 19.1 Å². The van der Waals surface area contributed by atoms with E-state index in [1.807, 2.05) is 37.3 Å². The van der Waals surface area contributed by atoms with Gasteiger partial charge in [-0.2, -0.15) is 5.10 Å². The van der Waals surface area contributed by atoms with E-state index in [-0.39, 0.29) is 37.4 Å². The maximum absolute atomic E-state index is 13.2. The molecule has 2 aromatic heterocycles. The first-order chi connectivity index (χ1) is 19.5. The molecule has 0 saturated heterocycles. The highest BCUT2D eigenvalue weighted by molar-refractivity contribution is 5.95. The van der Waals surface area contributed by atoms with Crippen LogP contribution in [0.1, 0.15) is 46.1 Å². The second-order valence-electron chi connectivity index (χ2n) is 9.47. The lowest BCUT2D eigenvalue weighted by atomic mass is 10.2. The molecule has 4 aromatic rings. The molecule has 1 aliphatic heterocycles. The van der Waals surface area contributed by atoms with E-state index in [0.29, 0.717) is 48.2 Å². The van der Waals surface area contributed by atoms with Gasteiger partial charge in [-0.25, -0.2) is 9.67 Å². The minimum Gasteiger partial charge on any atom is -0.492 e. The summed E-state index contributed by atoms with van der Waals surface area (Å²) in [5, 5.41) is 10.5. The summed E-state index contributed by atoms with van der Waals surface area (Å²) in [6.45, 7) is 2.93. The number of hydrogen-bond donors (Lipinski definition) is 3. The van der Waals surface area contributed by atoms with Crippen molar-refractivity contribution in [3.8, 4) is 17.1 Å². The van der Waals surface area contributed by atoms with Crippen LogP contribution in [0.2, 0.25) is 0 Å². The Balaban J connectivity index is 1.43. The second kappa shape index (κ2) is 12.3. The molecule has 0 radical (unpaired) electrons. The van der Waals surface area contributed by atoms with Gasteiger partial charge in [0.2, 0.25) is 5.91 Å². The fraction of sp³-hybridized carbons (Fsp3) is 0.276. The zero-order chi connectivity index (χ0) is 27.9. The zero-order valence-corrected chi connectivity index (χ0v) is 22.2. The molecule has 0 unspecified atom stereocenters. The molecule has 3 heterocycles. The van der Waals surface area contributed by atoms with E-state index in [2.05, 4.69) is 20.7 Å². The van der Waals surface area contributed by atoms with Crippen LogP contribution in [0.15, 0.2) is 72.9 Å². The molecule has 1 aliphatic rings. The summed E-state index contributed by atoms with van der Waals surface area (Å²) in [6.07, 6.45) is 2.12. The standard InChI is InChI=1S/C29H31N7O4/c1-20-27-33-26(21-8-3-2-4-9-21)34-36(27)16-17-40-23-11-5-10-22(18-23)28(38)31-14-7-15-35(19-25(37)32-20)29(39)24-12-6-13-30-24/h2-6,8-13,18,20,30H,7,14-17,19H2,1H3,(H,31,38)(H,32,37)/t20-/m0/s1. The number of aromatic nitrogens is 4. The Morgan fingerprint density at radius 1 is 1.00 bits per heavy atom. The van der Waals surface area contributed by atoms with E-state index in [1.54, 1.807) is 47.3 Å². The number of H-pyrrole nitrogens is 1. The molecule has 0 fully saturated rings. The third-order valence-corrected chi connectivity index (χ3v) is 6.51. The van der Waals surface area contributed by atoms with Crippen molar-refractivity contribution in [2.45, 2.75) is 25.9 Å². The van der Waals surface area contributed by atoms with Crippen LogP contribution >= 0.6 is 0 Å². The summed E-state index contributed by atoms with van der Waals surface area (Å²) >= 11 is 0. The molecule has 2 bridgehead atoms. The van der Waals surface area contributed by atoms with E-state index in [1.165, 1.54) is 4.90 Å². The quantitative estimate of drug-likeness (QED) is 0.357. The Morgan fingerprint density at radius 3 is 2.62 bits per heavy atom. The first-order valence-corrected chi connectivity index (χ1v) is 13.2. The highest BCUT2D eigenvalue weighted by Crippen LogP contribution is 2.20. The summed E-state index contributed by atoms with van der Waals surface area (Å²) in [7, 11) is 0. The number of fused-ring (bicyclic) bond motifs is 3. The first kappa shape index (κ1) is 26.7. The van der Waals surface area contributed by atoms with Crippen molar-refractivity contribution in [3.05, 3.63) is 90.0 Å². The normalized spacial score (nSPS) is 17.0. The molecule has 40 heavy (non-hydrogen) atoms. The molecule has 3 amide bonds. The minimum absolute atomic E-state index is 0.152. The average Bonchev–Trinajstić information content (AvgIpc) is 3.65. The number of benzene rings is 2. The van der Waals surface area contributed by atoms with Gasteiger partial charge in [0.1, 0.15) is 23.9 Å². The number of carbonyl (C=O) groups excluding carboxylic acids is 3. The number of rotatable bonds is 2. The largest absolute Gasteiger partial charge is 0.492 e. The molecule has 3 N–H and O–H groups in total. The van der Waals surface area contributed by atoms with Gasteiger partial charge in [-0.15, -0.1) is 0 Å². The number of nitrogens with zero attached hydrogens (tertiary/aromatic N) is 4. The van der Waals surface area contributed by atoms with Crippen LogP contribution in [0.3, 0.4) is 0 Å². The molecule has 2 aromatic carbocycles. The van der Waals surface area contributed by atoms with Crippen molar-refractivity contribution in [3.63, 3.8) is 0 Å². The molecule has 11 heteroatoms. The van der Waals surface area contributed by atoms with Crippen LogP contribution in [0.4, 0.5) is 0 Å². The summed E-state index contributed by atoms with van der Waals surface area (Å²) in [5.41, 5.74) is 1.71. The number of amides is 3. The van der Waals surface area contributed by atoms with Crippen LogP contribution in [-0.4, -0.2) is 68.6 Å². The van der Waals surface area contributed by atoms with Crippen molar-refractivity contribution in [2.24, 2.45) is 0 Å². The summed E-state index contributed by atoms with van der Waals surface area (Å²) in [4.78, 5) is 48.1. The highest BCUT2D eigenvalue weighted by Gasteiger charge is 2.23. The molecular formula is C29H31N7O4. The maximum Gasteiger partial charge on any atom is 0.270 e. The topological polar surface area (TPSA) is 134 Å². The van der Waals surface area contributed by atoms with E-state index >= 15 is 0 Å². The number of carbonyl (C=O) groups is 3. The van der Waals surface area contributed by atoms with E-state index < -0.39 is 6.04 Å². The summed E-state index contributed by atoms with van der Waals surface area (Å²) in [6, 6.07) is 19.5. The fourth-order valence-electron chi connectivity index (χ4n) is 4.51. The van der Waals surface area contributed by atoms with Gasteiger partial charge in [0.15, 0.2) is 5.82 Å². The molecule has 11 nitrogen and oxygen atoms in total. The van der Waals surface area contributed by atoms with Crippen molar-refractivity contribution < 1.29 is 19.1 Å². The van der Waals surface area contributed by atoms with Crippen molar-refractivity contribution in [1.82, 2.24) is 35.3 Å². The van der Waals surface area contributed by atoms with Gasteiger partial charge in [-0.05, 0) is 43.7 Å². The molecule has 5 rings (SSSR count). The average molecular weight is 542 g/mol. The van der Waals surface area contributed by atoms with Gasteiger partial charge in [-0.1, -0.05) is 36.4 Å². The molecule has 0 saturated carbocycles. The molecule has 1 atom stereocenters. The van der Waals surface area contributed by atoms with Crippen LogP contribution < -0.4 is 15.4 Å². The number of hydrogen-bond acceptors (Lipinski definition) is 6. The number of nitrogens with one attached hydrogen (secondary N) is 3. The van der Waals surface area contributed by atoms with Crippen LogP contribution in [0, 0.1) is 0 Å². The smallest absolute Gasteiger partial charge is 0.270 e. The molecular weight excluding hydrogens is 510 g/mol. The van der Waals surface area contributed by atoms with Crippen molar-refractivity contribution >= 4 is 17.7 Å². The highest BCUT2D eigenvalue weighted by atomic mass is 16.5. The molecule has 0 spiro atoms. The van der Waals surface area contributed by atoms with E-state index in [4.69, 9.17) is 9.72 Å². The lowest BCUT2D eigenvalue weighted by Crippen LogP contribution is -2.43. The Morgan fingerprint density at radius 2 is 1.82 bits per heavy atom. The van der Waals surface area contributed by atoms with Gasteiger partial charge < -0.3 is 25.3 Å². The van der Waals surface area contributed by atoms with Crippen molar-refractivity contribution in [2.75, 3.05) is 26.2 Å². The van der Waals surface area contributed by atoms with Crippen LogP contribution in [0.25, 0.3) is 11.4 Å². The van der Waals surface area contributed by atoms with E-state index in [9.17, 15) is 14.4 Å². The maximum atomic E-state index is 13.2. The number of aromatic amines is 1. The SMILES string of the molecule is C[C@@H]1NC(=O)CN(C(=O)c2ccc[nH]2)CCCNC(=O)c2cccc(c2)OCCn2nc(-c3ccccc3)nc21.